The summed E-state index contributed by atoms with van der Waals surface area (Å²) < 4.78 is 33.0. The zero-order valence-corrected chi connectivity index (χ0v) is 16.4. The minimum absolute atomic E-state index is 0.0485. The lowest BCUT2D eigenvalue weighted by molar-refractivity contribution is -0.0321. The molecule has 2 fully saturated rings. The molecule has 0 bridgehead atoms. The number of pyridine rings is 1. The van der Waals surface area contributed by atoms with Crippen LogP contribution in [0.15, 0.2) is 0 Å². The number of anilines is 1. The van der Waals surface area contributed by atoms with Gasteiger partial charge in [0.1, 0.15) is 17.4 Å². The van der Waals surface area contributed by atoms with Gasteiger partial charge in [0.05, 0.1) is 19.8 Å². The van der Waals surface area contributed by atoms with Gasteiger partial charge in [-0.2, -0.15) is 0 Å². The zero-order chi connectivity index (χ0) is 19.7. The first-order chi connectivity index (χ1) is 13.6. The molecule has 2 saturated heterocycles. The van der Waals surface area contributed by atoms with Crippen molar-refractivity contribution in [3.63, 3.8) is 0 Å². The standard InChI is InChI=1S/C18H22ClFN4O4/c1-2-27-18(25)17-21-13-14(23-6-9-26-10-7-23)12(20)15(19)22-16(13)24(17)11-5-3-4-8-28-11/h11H,2-10H2,1H3. The van der Waals surface area contributed by atoms with E-state index in [-0.39, 0.29) is 28.8 Å². The first kappa shape index (κ1) is 19.4. The first-order valence-corrected chi connectivity index (χ1v) is 9.88. The maximum Gasteiger partial charge on any atom is 0.374 e. The van der Waals surface area contributed by atoms with E-state index in [4.69, 9.17) is 25.8 Å². The van der Waals surface area contributed by atoms with Crippen LogP contribution in [-0.2, 0) is 14.2 Å². The number of morpholine rings is 1. The fourth-order valence-electron chi connectivity index (χ4n) is 3.65. The molecule has 1 unspecified atom stereocenters. The zero-order valence-electron chi connectivity index (χ0n) is 15.6. The Hall–Kier alpha value is -1.97. The van der Waals surface area contributed by atoms with Crippen molar-refractivity contribution in [2.24, 2.45) is 0 Å². The minimum atomic E-state index is -0.652. The number of imidazole rings is 1. The summed E-state index contributed by atoms with van der Waals surface area (Å²) in [6, 6.07) is 0. The molecule has 10 heteroatoms. The van der Waals surface area contributed by atoms with Gasteiger partial charge >= 0.3 is 5.97 Å². The number of halogens is 2. The van der Waals surface area contributed by atoms with Crippen molar-refractivity contribution in [1.29, 1.82) is 0 Å². The van der Waals surface area contributed by atoms with Gasteiger partial charge in [-0.05, 0) is 26.2 Å². The highest BCUT2D eigenvalue weighted by Gasteiger charge is 2.32. The normalized spacial score (nSPS) is 20.5. The van der Waals surface area contributed by atoms with Crippen molar-refractivity contribution in [3.8, 4) is 0 Å². The monoisotopic (exact) mass is 412 g/mol. The molecule has 4 heterocycles. The third kappa shape index (κ3) is 3.42. The molecule has 0 spiro atoms. The second kappa shape index (κ2) is 8.18. The Morgan fingerprint density at radius 1 is 1.29 bits per heavy atom. The van der Waals surface area contributed by atoms with E-state index < -0.39 is 18.0 Å². The van der Waals surface area contributed by atoms with Crippen molar-refractivity contribution < 1.29 is 23.4 Å². The molecule has 0 saturated carbocycles. The Balaban J connectivity index is 1.92. The van der Waals surface area contributed by atoms with Crippen LogP contribution in [0.3, 0.4) is 0 Å². The third-order valence-corrected chi connectivity index (χ3v) is 5.18. The maximum atomic E-state index is 15.0. The van der Waals surface area contributed by atoms with Crippen LogP contribution in [0, 0.1) is 5.82 Å². The quantitative estimate of drug-likeness (QED) is 0.564. The van der Waals surface area contributed by atoms with Crippen molar-refractivity contribution in [1.82, 2.24) is 14.5 Å². The van der Waals surface area contributed by atoms with E-state index in [1.165, 1.54) is 0 Å². The van der Waals surface area contributed by atoms with Crippen LogP contribution in [0.25, 0.3) is 11.2 Å². The number of ether oxygens (including phenoxy) is 3. The van der Waals surface area contributed by atoms with Crippen LogP contribution < -0.4 is 4.90 Å². The van der Waals surface area contributed by atoms with Crippen LogP contribution in [0.5, 0.6) is 0 Å². The lowest BCUT2D eigenvalue weighted by Crippen LogP contribution is -2.37. The van der Waals surface area contributed by atoms with E-state index in [0.717, 1.165) is 12.8 Å². The van der Waals surface area contributed by atoms with Crippen molar-refractivity contribution in [2.75, 3.05) is 44.4 Å². The van der Waals surface area contributed by atoms with Gasteiger partial charge in [-0.25, -0.2) is 19.2 Å². The first-order valence-electron chi connectivity index (χ1n) is 9.50. The minimum Gasteiger partial charge on any atom is -0.460 e. The molecule has 0 aliphatic carbocycles. The summed E-state index contributed by atoms with van der Waals surface area (Å²) >= 11 is 6.13. The molecule has 0 N–H and O–H groups in total. The van der Waals surface area contributed by atoms with Gasteiger partial charge in [-0.1, -0.05) is 11.6 Å². The lowest BCUT2D eigenvalue weighted by Gasteiger charge is -2.29. The Morgan fingerprint density at radius 2 is 2.07 bits per heavy atom. The molecular weight excluding hydrogens is 391 g/mol. The van der Waals surface area contributed by atoms with Gasteiger partial charge < -0.3 is 19.1 Å². The van der Waals surface area contributed by atoms with E-state index in [1.807, 2.05) is 4.90 Å². The summed E-state index contributed by atoms with van der Waals surface area (Å²) in [5, 5.41) is -0.263. The number of carbonyl (C=O) groups is 1. The molecule has 2 aliphatic rings. The van der Waals surface area contributed by atoms with Crippen LogP contribution in [-0.4, -0.2) is 60.0 Å². The van der Waals surface area contributed by atoms with Crippen molar-refractivity contribution in [2.45, 2.75) is 32.4 Å². The van der Waals surface area contributed by atoms with E-state index in [0.29, 0.717) is 45.0 Å². The Bertz CT molecular complexity index is 878. The predicted molar refractivity (Wildman–Crippen MR) is 100 cm³/mol. The van der Waals surface area contributed by atoms with Crippen LogP contribution >= 0.6 is 11.6 Å². The SMILES string of the molecule is CCOC(=O)c1nc2c(N3CCOCC3)c(F)c(Cl)nc2n1C1CCCCO1. The van der Waals surface area contributed by atoms with Crippen molar-refractivity contribution in [3.05, 3.63) is 16.8 Å². The second-order valence-electron chi connectivity index (χ2n) is 6.68. The highest BCUT2D eigenvalue weighted by Crippen LogP contribution is 2.36. The third-order valence-electron chi connectivity index (χ3n) is 4.93. The van der Waals surface area contributed by atoms with Crippen LogP contribution in [0.2, 0.25) is 5.15 Å². The number of esters is 1. The number of hydrogen-bond donors (Lipinski definition) is 0. The highest BCUT2D eigenvalue weighted by molar-refractivity contribution is 6.30. The summed E-state index contributed by atoms with van der Waals surface area (Å²) in [7, 11) is 0. The average molecular weight is 413 g/mol. The molecule has 2 aliphatic heterocycles. The van der Waals surface area contributed by atoms with Crippen molar-refractivity contribution >= 4 is 34.4 Å². The summed E-state index contributed by atoms with van der Waals surface area (Å²) in [5.41, 5.74) is 0.835. The Labute approximate surface area is 166 Å². The fraction of sp³-hybridized carbons (Fsp3) is 0.611. The lowest BCUT2D eigenvalue weighted by atomic mass is 10.2. The largest absolute Gasteiger partial charge is 0.460 e. The molecule has 1 atom stereocenters. The van der Waals surface area contributed by atoms with Gasteiger partial charge in [-0.15, -0.1) is 0 Å². The van der Waals surface area contributed by atoms with E-state index >= 15 is 0 Å². The summed E-state index contributed by atoms with van der Waals surface area (Å²) in [4.78, 5) is 23.1. The van der Waals surface area contributed by atoms with Crippen LogP contribution in [0.1, 0.15) is 43.0 Å². The molecule has 0 aromatic carbocycles. The molecule has 0 amide bonds. The predicted octanol–water partition coefficient (Wildman–Crippen LogP) is 2.94. The fourth-order valence-corrected chi connectivity index (χ4v) is 3.82. The molecule has 2 aromatic heterocycles. The summed E-state index contributed by atoms with van der Waals surface area (Å²) in [6.07, 6.45) is 2.16. The van der Waals surface area contributed by atoms with Gasteiger partial charge in [-0.3, -0.25) is 4.57 Å². The summed E-state index contributed by atoms with van der Waals surface area (Å²) in [5.74, 6) is -1.20. The Kier molecular flexibility index (Phi) is 5.65. The molecule has 152 valence electrons. The number of fused-ring (bicyclic) bond motifs is 1. The molecule has 28 heavy (non-hydrogen) atoms. The van der Waals surface area contributed by atoms with E-state index in [1.54, 1.807) is 11.5 Å². The van der Waals surface area contributed by atoms with Crippen LogP contribution in [0.4, 0.5) is 10.1 Å². The molecule has 0 radical (unpaired) electrons. The smallest absolute Gasteiger partial charge is 0.374 e. The van der Waals surface area contributed by atoms with Gasteiger partial charge in [0.25, 0.3) is 0 Å². The van der Waals surface area contributed by atoms with Gasteiger partial charge in [0.15, 0.2) is 16.6 Å². The summed E-state index contributed by atoms with van der Waals surface area (Å²) in [6.45, 7) is 4.41. The second-order valence-corrected chi connectivity index (χ2v) is 7.04. The number of nitrogens with zero attached hydrogens (tertiary/aromatic N) is 4. The number of carbonyl (C=O) groups excluding carboxylic acids is 1. The van der Waals surface area contributed by atoms with E-state index in [2.05, 4.69) is 9.97 Å². The molecular formula is C18H22ClFN4O4. The molecule has 2 aromatic rings. The Morgan fingerprint density at radius 3 is 2.75 bits per heavy atom. The average Bonchev–Trinajstić information content (AvgIpc) is 3.09. The van der Waals surface area contributed by atoms with Gasteiger partial charge in [0, 0.05) is 19.7 Å². The maximum absolute atomic E-state index is 15.0. The highest BCUT2D eigenvalue weighted by atomic mass is 35.5. The topological polar surface area (TPSA) is 78.7 Å². The number of hydrogen-bond acceptors (Lipinski definition) is 7. The molecule has 8 nitrogen and oxygen atoms in total. The number of rotatable bonds is 4. The van der Waals surface area contributed by atoms with Gasteiger partial charge in [0.2, 0.25) is 5.82 Å². The number of aromatic nitrogens is 3. The van der Waals surface area contributed by atoms with E-state index in [9.17, 15) is 9.18 Å². The molecule has 4 rings (SSSR count).